The van der Waals surface area contributed by atoms with Crippen molar-refractivity contribution >= 4 is 15.7 Å². The van der Waals surface area contributed by atoms with Crippen LogP contribution < -0.4 is 10.0 Å². The van der Waals surface area contributed by atoms with E-state index in [9.17, 15) is 12.8 Å². The highest BCUT2D eigenvalue weighted by atomic mass is 32.2. The molecule has 0 aromatic heterocycles. The van der Waals surface area contributed by atoms with Gasteiger partial charge in [0.2, 0.25) is 0 Å². The largest absolute Gasteiger partial charge is 0.326 e. The molecule has 112 valence electrons. The Morgan fingerprint density at radius 1 is 1.14 bits per heavy atom. The monoisotopic (exact) mass is 308 g/mol. The van der Waals surface area contributed by atoms with Crippen molar-refractivity contribution in [2.45, 2.75) is 18.4 Å². The van der Waals surface area contributed by atoms with Gasteiger partial charge in [0, 0.05) is 19.2 Å². The van der Waals surface area contributed by atoms with Crippen molar-refractivity contribution in [3.05, 3.63) is 59.4 Å². The molecule has 0 atom stereocenters. The van der Waals surface area contributed by atoms with Gasteiger partial charge in [-0.15, -0.1) is 0 Å². The lowest BCUT2D eigenvalue weighted by molar-refractivity contribution is 0.581. The number of sulfonamides is 1. The van der Waals surface area contributed by atoms with E-state index in [0.717, 1.165) is 9.87 Å². The molecule has 0 aliphatic carbocycles. The maximum absolute atomic E-state index is 13.8. The van der Waals surface area contributed by atoms with Crippen molar-refractivity contribution in [1.82, 2.24) is 0 Å². The SMILES string of the molecule is Cc1ccccc1N(C)S(=O)(=O)c1cccc(F)c1CN. The van der Waals surface area contributed by atoms with E-state index >= 15 is 0 Å². The van der Waals surface area contributed by atoms with Gasteiger partial charge in [0.05, 0.1) is 10.6 Å². The summed E-state index contributed by atoms with van der Waals surface area (Å²) in [5.41, 5.74) is 6.85. The third kappa shape index (κ3) is 2.77. The number of nitrogens with zero attached hydrogens (tertiary/aromatic N) is 1. The fourth-order valence-electron chi connectivity index (χ4n) is 2.17. The molecule has 0 radical (unpaired) electrons. The minimum atomic E-state index is -3.87. The standard InChI is InChI=1S/C15H17FN2O2S/c1-11-6-3-4-8-14(11)18(2)21(19,20)15-9-5-7-13(16)12(15)10-17/h3-9H,10,17H2,1-2H3. The van der Waals surface area contributed by atoms with Gasteiger partial charge in [-0.3, -0.25) is 4.31 Å². The van der Waals surface area contributed by atoms with E-state index in [4.69, 9.17) is 5.73 Å². The van der Waals surface area contributed by atoms with Crippen LogP contribution in [0, 0.1) is 12.7 Å². The number of nitrogens with two attached hydrogens (primary N) is 1. The highest BCUT2D eigenvalue weighted by Crippen LogP contribution is 2.27. The van der Waals surface area contributed by atoms with E-state index in [-0.39, 0.29) is 17.0 Å². The average Bonchev–Trinajstić information content (AvgIpc) is 2.46. The lowest BCUT2D eigenvalue weighted by Gasteiger charge is -2.22. The molecule has 4 nitrogen and oxygen atoms in total. The average molecular weight is 308 g/mol. The summed E-state index contributed by atoms with van der Waals surface area (Å²) in [6, 6.07) is 11.0. The number of para-hydroxylation sites is 1. The first-order valence-corrected chi connectivity index (χ1v) is 7.85. The van der Waals surface area contributed by atoms with Gasteiger partial charge in [-0.1, -0.05) is 24.3 Å². The van der Waals surface area contributed by atoms with Crippen LogP contribution in [0.4, 0.5) is 10.1 Å². The lowest BCUT2D eigenvalue weighted by atomic mass is 10.2. The van der Waals surface area contributed by atoms with E-state index in [0.29, 0.717) is 5.69 Å². The van der Waals surface area contributed by atoms with Crippen molar-refractivity contribution in [3.8, 4) is 0 Å². The number of hydrogen-bond donors (Lipinski definition) is 1. The minimum Gasteiger partial charge on any atom is -0.326 e. The van der Waals surface area contributed by atoms with Crippen LogP contribution in [-0.4, -0.2) is 15.5 Å². The van der Waals surface area contributed by atoms with Gasteiger partial charge in [-0.25, -0.2) is 12.8 Å². The summed E-state index contributed by atoms with van der Waals surface area (Å²) < 4.78 is 40.4. The summed E-state index contributed by atoms with van der Waals surface area (Å²) in [7, 11) is -2.42. The Hall–Kier alpha value is -1.92. The van der Waals surface area contributed by atoms with Gasteiger partial charge in [-0.2, -0.15) is 0 Å². The number of hydrogen-bond acceptors (Lipinski definition) is 3. The highest BCUT2D eigenvalue weighted by molar-refractivity contribution is 7.92. The van der Waals surface area contributed by atoms with Gasteiger partial charge in [0.1, 0.15) is 5.82 Å². The molecule has 0 amide bonds. The summed E-state index contributed by atoms with van der Waals surface area (Å²) in [5.74, 6) is -0.614. The van der Waals surface area contributed by atoms with Crippen molar-refractivity contribution in [2.75, 3.05) is 11.4 Å². The van der Waals surface area contributed by atoms with Crippen LogP contribution in [0.3, 0.4) is 0 Å². The Morgan fingerprint density at radius 2 is 1.81 bits per heavy atom. The second-order valence-electron chi connectivity index (χ2n) is 4.68. The minimum absolute atomic E-state index is 0.00191. The molecule has 21 heavy (non-hydrogen) atoms. The van der Waals surface area contributed by atoms with Crippen LogP contribution >= 0.6 is 0 Å². The molecule has 0 unspecified atom stereocenters. The molecule has 0 spiro atoms. The second-order valence-corrected chi connectivity index (χ2v) is 6.62. The molecular weight excluding hydrogens is 291 g/mol. The zero-order valence-corrected chi connectivity index (χ0v) is 12.7. The molecule has 2 rings (SSSR count). The van der Waals surface area contributed by atoms with Crippen molar-refractivity contribution < 1.29 is 12.8 Å². The van der Waals surface area contributed by atoms with E-state index < -0.39 is 15.8 Å². The molecule has 0 heterocycles. The van der Waals surface area contributed by atoms with Crippen LogP contribution in [0.2, 0.25) is 0 Å². The molecule has 0 fully saturated rings. The first-order chi connectivity index (χ1) is 9.89. The quantitative estimate of drug-likeness (QED) is 0.943. The Kier molecular flexibility index (Phi) is 4.29. The third-order valence-electron chi connectivity index (χ3n) is 3.37. The van der Waals surface area contributed by atoms with Gasteiger partial charge in [0.15, 0.2) is 0 Å². The Labute approximate surface area is 124 Å². The van der Waals surface area contributed by atoms with Crippen LogP contribution in [0.5, 0.6) is 0 Å². The molecule has 6 heteroatoms. The number of halogens is 1. The highest BCUT2D eigenvalue weighted by Gasteiger charge is 2.26. The topological polar surface area (TPSA) is 63.4 Å². The summed E-state index contributed by atoms with van der Waals surface area (Å²) in [5, 5.41) is 0. The van der Waals surface area contributed by atoms with Crippen LogP contribution in [0.15, 0.2) is 47.4 Å². The fourth-order valence-corrected chi connectivity index (χ4v) is 3.67. The summed E-state index contributed by atoms with van der Waals surface area (Å²) in [6.07, 6.45) is 0. The Bertz CT molecular complexity index is 760. The Balaban J connectivity index is 2.58. The zero-order chi connectivity index (χ0) is 15.6. The van der Waals surface area contributed by atoms with E-state index in [1.807, 2.05) is 19.1 Å². The molecule has 0 aliphatic heterocycles. The number of rotatable bonds is 4. The van der Waals surface area contributed by atoms with Gasteiger partial charge in [0.25, 0.3) is 10.0 Å². The zero-order valence-electron chi connectivity index (χ0n) is 11.9. The fraction of sp³-hybridized carbons (Fsp3) is 0.200. The molecule has 0 saturated heterocycles. The second kappa shape index (κ2) is 5.83. The first kappa shape index (κ1) is 15.5. The summed E-state index contributed by atoms with van der Waals surface area (Å²) in [6.45, 7) is 1.64. The number of aryl methyl sites for hydroxylation is 1. The number of benzene rings is 2. The van der Waals surface area contributed by atoms with Gasteiger partial charge < -0.3 is 5.73 Å². The molecule has 2 aromatic rings. The first-order valence-electron chi connectivity index (χ1n) is 6.41. The van der Waals surface area contributed by atoms with Crippen molar-refractivity contribution in [3.63, 3.8) is 0 Å². The third-order valence-corrected chi connectivity index (χ3v) is 5.23. The van der Waals surface area contributed by atoms with Crippen LogP contribution in [0.25, 0.3) is 0 Å². The molecule has 2 N–H and O–H groups in total. The van der Waals surface area contributed by atoms with E-state index in [1.165, 1.54) is 25.2 Å². The van der Waals surface area contributed by atoms with E-state index in [2.05, 4.69) is 0 Å². The number of anilines is 1. The molecule has 0 saturated carbocycles. The normalized spacial score (nSPS) is 11.4. The van der Waals surface area contributed by atoms with Crippen molar-refractivity contribution in [2.24, 2.45) is 5.73 Å². The predicted molar refractivity (Wildman–Crippen MR) is 81.1 cm³/mol. The maximum Gasteiger partial charge on any atom is 0.264 e. The lowest BCUT2D eigenvalue weighted by Crippen LogP contribution is -2.28. The van der Waals surface area contributed by atoms with Gasteiger partial charge in [-0.05, 0) is 30.7 Å². The predicted octanol–water partition coefficient (Wildman–Crippen LogP) is 2.42. The summed E-state index contributed by atoms with van der Waals surface area (Å²) in [4.78, 5) is -0.101. The Morgan fingerprint density at radius 3 is 2.43 bits per heavy atom. The molecule has 0 aliphatic rings. The maximum atomic E-state index is 13.8. The summed E-state index contributed by atoms with van der Waals surface area (Å²) >= 11 is 0. The molecule has 2 aromatic carbocycles. The van der Waals surface area contributed by atoms with Gasteiger partial charge >= 0.3 is 0 Å². The van der Waals surface area contributed by atoms with E-state index in [1.54, 1.807) is 12.1 Å². The molecule has 0 bridgehead atoms. The van der Waals surface area contributed by atoms with Crippen molar-refractivity contribution in [1.29, 1.82) is 0 Å². The smallest absolute Gasteiger partial charge is 0.264 e. The van der Waals surface area contributed by atoms with Crippen LogP contribution in [-0.2, 0) is 16.6 Å². The van der Waals surface area contributed by atoms with Crippen LogP contribution in [0.1, 0.15) is 11.1 Å². The molecular formula is C15H17FN2O2S.